The summed E-state index contributed by atoms with van der Waals surface area (Å²) in [5.41, 5.74) is 5.72. The monoisotopic (exact) mass is 216 g/mol. The molecule has 1 aliphatic heterocycles. The Morgan fingerprint density at radius 1 is 1.29 bits per heavy atom. The highest BCUT2D eigenvalue weighted by Crippen LogP contribution is 1.70. The van der Waals surface area contributed by atoms with Crippen molar-refractivity contribution in [2.24, 2.45) is 0 Å². The van der Waals surface area contributed by atoms with Crippen LogP contribution in [0.5, 0.6) is 0 Å². The SMILES string of the molecule is C1COCNN1.I. The Balaban J connectivity index is 0.000000360. The first-order valence-electron chi connectivity index (χ1n) is 2.03. The molecule has 3 nitrogen and oxygen atoms in total. The van der Waals surface area contributed by atoms with E-state index < -0.39 is 0 Å². The Labute approximate surface area is 59.8 Å². The van der Waals surface area contributed by atoms with Crippen LogP contribution in [0.3, 0.4) is 0 Å². The zero-order valence-corrected chi connectivity index (χ0v) is 6.27. The molecule has 2 N–H and O–H groups in total. The third kappa shape index (κ3) is 3.22. The van der Waals surface area contributed by atoms with Crippen LogP contribution in [0.4, 0.5) is 0 Å². The van der Waals surface area contributed by atoms with E-state index in [0.29, 0.717) is 6.73 Å². The molecule has 0 aliphatic carbocycles. The summed E-state index contributed by atoms with van der Waals surface area (Å²) < 4.78 is 4.90. The normalized spacial score (nSPS) is 20.6. The predicted molar refractivity (Wildman–Crippen MR) is 37.4 cm³/mol. The summed E-state index contributed by atoms with van der Waals surface area (Å²) in [6.45, 7) is 2.38. The molecule has 0 amide bonds. The van der Waals surface area contributed by atoms with Crippen LogP contribution in [-0.4, -0.2) is 19.9 Å². The van der Waals surface area contributed by atoms with Gasteiger partial charge in [0.1, 0.15) is 6.73 Å². The summed E-state index contributed by atoms with van der Waals surface area (Å²) in [5.74, 6) is 0. The van der Waals surface area contributed by atoms with E-state index in [1.807, 2.05) is 0 Å². The van der Waals surface area contributed by atoms with Gasteiger partial charge in [0, 0.05) is 6.54 Å². The van der Waals surface area contributed by atoms with Crippen molar-refractivity contribution in [1.29, 1.82) is 0 Å². The molecule has 0 aromatic rings. The van der Waals surface area contributed by atoms with Gasteiger partial charge >= 0.3 is 0 Å². The first kappa shape index (κ1) is 7.61. The molecular formula is C3H9IN2O. The molecule has 0 radical (unpaired) electrons. The molecule has 1 saturated heterocycles. The lowest BCUT2D eigenvalue weighted by Crippen LogP contribution is -2.41. The average molecular weight is 216 g/mol. The highest BCUT2D eigenvalue weighted by Gasteiger charge is 1.91. The molecule has 0 atom stereocenters. The van der Waals surface area contributed by atoms with Crippen LogP contribution in [0.25, 0.3) is 0 Å². The predicted octanol–water partition coefficient (Wildman–Crippen LogP) is -0.314. The molecule has 1 rings (SSSR count). The van der Waals surface area contributed by atoms with E-state index in [-0.39, 0.29) is 24.0 Å². The number of hydrazine groups is 1. The van der Waals surface area contributed by atoms with Crippen molar-refractivity contribution < 1.29 is 4.74 Å². The van der Waals surface area contributed by atoms with Crippen LogP contribution >= 0.6 is 24.0 Å². The third-order valence-corrected chi connectivity index (χ3v) is 0.671. The van der Waals surface area contributed by atoms with E-state index in [4.69, 9.17) is 4.74 Å². The number of rotatable bonds is 0. The maximum atomic E-state index is 4.90. The molecule has 44 valence electrons. The minimum atomic E-state index is 0. The van der Waals surface area contributed by atoms with Gasteiger partial charge in [0.2, 0.25) is 0 Å². The molecule has 0 aromatic heterocycles. The summed E-state index contributed by atoms with van der Waals surface area (Å²) in [5, 5.41) is 0. The molecule has 7 heavy (non-hydrogen) atoms. The number of hydrogen-bond acceptors (Lipinski definition) is 3. The van der Waals surface area contributed by atoms with Crippen molar-refractivity contribution in [2.45, 2.75) is 0 Å². The Bertz CT molecular complexity index is 28.4. The van der Waals surface area contributed by atoms with Gasteiger partial charge in [-0.2, -0.15) is 0 Å². The summed E-state index contributed by atoms with van der Waals surface area (Å²) in [7, 11) is 0. The van der Waals surface area contributed by atoms with Crippen LogP contribution in [0.15, 0.2) is 0 Å². The van der Waals surface area contributed by atoms with Crippen molar-refractivity contribution in [3.63, 3.8) is 0 Å². The van der Waals surface area contributed by atoms with E-state index in [1.54, 1.807) is 0 Å². The number of nitrogens with one attached hydrogen (secondary N) is 2. The smallest absolute Gasteiger partial charge is 0.109 e. The molecule has 1 aliphatic rings. The Morgan fingerprint density at radius 2 is 2.14 bits per heavy atom. The second-order valence-electron chi connectivity index (χ2n) is 1.16. The van der Waals surface area contributed by atoms with Gasteiger partial charge in [-0.05, 0) is 0 Å². The molecule has 1 heterocycles. The van der Waals surface area contributed by atoms with Gasteiger partial charge in [-0.15, -0.1) is 24.0 Å². The largest absolute Gasteiger partial charge is 0.364 e. The first-order chi connectivity index (χ1) is 3.00. The Hall–Kier alpha value is 0.610. The molecule has 0 bridgehead atoms. The van der Waals surface area contributed by atoms with Crippen molar-refractivity contribution in [1.82, 2.24) is 10.9 Å². The zero-order valence-electron chi connectivity index (χ0n) is 3.94. The maximum Gasteiger partial charge on any atom is 0.109 e. The van der Waals surface area contributed by atoms with Crippen LogP contribution < -0.4 is 10.9 Å². The lowest BCUT2D eigenvalue weighted by atomic mass is 10.7. The van der Waals surface area contributed by atoms with Gasteiger partial charge in [0.05, 0.1) is 6.61 Å². The van der Waals surface area contributed by atoms with Gasteiger partial charge in [-0.3, -0.25) is 5.43 Å². The standard InChI is InChI=1S/C3H8N2O.HI/c1-2-6-3-5-4-1;/h4-5H,1-3H2;1H. The fraction of sp³-hybridized carbons (Fsp3) is 1.00. The minimum absolute atomic E-state index is 0. The number of hydrogen-bond donors (Lipinski definition) is 2. The molecular weight excluding hydrogens is 207 g/mol. The van der Waals surface area contributed by atoms with Gasteiger partial charge in [0.25, 0.3) is 0 Å². The minimum Gasteiger partial charge on any atom is -0.364 e. The van der Waals surface area contributed by atoms with Gasteiger partial charge in [-0.1, -0.05) is 0 Å². The number of ether oxygens (including phenoxy) is 1. The summed E-state index contributed by atoms with van der Waals surface area (Å²) in [6, 6.07) is 0. The van der Waals surface area contributed by atoms with E-state index in [2.05, 4.69) is 10.9 Å². The summed E-state index contributed by atoms with van der Waals surface area (Å²) >= 11 is 0. The van der Waals surface area contributed by atoms with Crippen molar-refractivity contribution in [2.75, 3.05) is 19.9 Å². The highest BCUT2D eigenvalue weighted by molar-refractivity contribution is 14.0. The van der Waals surface area contributed by atoms with E-state index >= 15 is 0 Å². The topological polar surface area (TPSA) is 33.3 Å². The second-order valence-corrected chi connectivity index (χ2v) is 1.16. The highest BCUT2D eigenvalue weighted by atomic mass is 127. The maximum absolute atomic E-state index is 4.90. The van der Waals surface area contributed by atoms with Crippen LogP contribution in [0, 0.1) is 0 Å². The molecule has 0 spiro atoms. The second kappa shape index (κ2) is 4.76. The molecule has 4 heteroatoms. The van der Waals surface area contributed by atoms with Crippen LogP contribution in [0.1, 0.15) is 0 Å². The molecule has 1 fully saturated rings. The van der Waals surface area contributed by atoms with Crippen molar-refractivity contribution in [3.8, 4) is 0 Å². The van der Waals surface area contributed by atoms with Crippen LogP contribution in [-0.2, 0) is 4.74 Å². The fourth-order valence-electron chi connectivity index (χ4n) is 0.386. The number of halogens is 1. The van der Waals surface area contributed by atoms with E-state index in [0.717, 1.165) is 13.2 Å². The molecule has 0 saturated carbocycles. The summed E-state index contributed by atoms with van der Waals surface area (Å²) in [6.07, 6.45) is 0. The third-order valence-electron chi connectivity index (χ3n) is 0.671. The van der Waals surface area contributed by atoms with E-state index in [9.17, 15) is 0 Å². The quantitative estimate of drug-likeness (QED) is 0.545. The van der Waals surface area contributed by atoms with Crippen molar-refractivity contribution in [3.05, 3.63) is 0 Å². The Kier molecular flexibility index (Phi) is 5.18. The zero-order chi connectivity index (χ0) is 4.24. The van der Waals surface area contributed by atoms with Crippen LogP contribution in [0.2, 0.25) is 0 Å². The Morgan fingerprint density at radius 3 is 2.29 bits per heavy atom. The summed E-state index contributed by atoms with van der Waals surface area (Å²) in [4.78, 5) is 0. The van der Waals surface area contributed by atoms with E-state index in [1.165, 1.54) is 0 Å². The lowest BCUT2D eigenvalue weighted by molar-refractivity contribution is 0.0704. The molecule has 0 aromatic carbocycles. The fourth-order valence-corrected chi connectivity index (χ4v) is 0.386. The van der Waals surface area contributed by atoms with Gasteiger partial charge in [-0.25, -0.2) is 5.43 Å². The van der Waals surface area contributed by atoms with Gasteiger partial charge in [0.15, 0.2) is 0 Å². The lowest BCUT2D eigenvalue weighted by Gasteiger charge is -2.12. The average Bonchev–Trinajstić information content (AvgIpc) is 1.72. The first-order valence-corrected chi connectivity index (χ1v) is 2.03. The van der Waals surface area contributed by atoms with Crippen molar-refractivity contribution >= 4 is 24.0 Å². The van der Waals surface area contributed by atoms with Gasteiger partial charge < -0.3 is 4.74 Å². The molecule has 0 unspecified atom stereocenters.